The van der Waals surface area contributed by atoms with Gasteiger partial charge in [-0.2, -0.15) is 0 Å². The van der Waals surface area contributed by atoms with E-state index in [1.54, 1.807) is 25.3 Å². The fraction of sp³-hybridized carbons (Fsp3) is 0.333. The van der Waals surface area contributed by atoms with Crippen molar-refractivity contribution in [3.05, 3.63) is 23.2 Å². The van der Waals surface area contributed by atoms with Gasteiger partial charge in [0.15, 0.2) is 0 Å². The lowest BCUT2D eigenvalue weighted by Gasteiger charge is -2.08. The molecule has 3 nitrogen and oxygen atoms in total. The van der Waals surface area contributed by atoms with Crippen LogP contribution in [0.4, 0.5) is 11.4 Å². The zero-order chi connectivity index (χ0) is 9.68. The van der Waals surface area contributed by atoms with E-state index < -0.39 is 0 Å². The second-order valence-corrected chi connectivity index (χ2v) is 3.09. The van der Waals surface area contributed by atoms with Crippen molar-refractivity contribution < 1.29 is 4.74 Å². The molecule has 0 aliphatic rings. The molecule has 0 radical (unpaired) electrons. The van der Waals surface area contributed by atoms with Crippen LogP contribution in [0, 0.1) is 0 Å². The summed E-state index contributed by atoms with van der Waals surface area (Å²) < 4.78 is 4.90. The van der Waals surface area contributed by atoms with E-state index in [4.69, 9.17) is 22.1 Å². The topological polar surface area (TPSA) is 47.3 Å². The molecule has 1 aromatic carbocycles. The summed E-state index contributed by atoms with van der Waals surface area (Å²) in [6.45, 7) is 1.37. The van der Waals surface area contributed by atoms with E-state index in [0.717, 1.165) is 12.2 Å². The molecule has 0 amide bonds. The van der Waals surface area contributed by atoms with Crippen molar-refractivity contribution in [3.8, 4) is 0 Å². The summed E-state index contributed by atoms with van der Waals surface area (Å²) >= 11 is 5.80. The van der Waals surface area contributed by atoms with E-state index in [1.165, 1.54) is 0 Å². The van der Waals surface area contributed by atoms with E-state index in [0.29, 0.717) is 17.3 Å². The van der Waals surface area contributed by atoms with Gasteiger partial charge in [0.05, 0.1) is 18.0 Å². The highest BCUT2D eigenvalue weighted by Crippen LogP contribution is 2.22. The predicted molar refractivity (Wildman–Crippen MR) is 56.2 cm³/mol. The Morgan fingerprint density at radius 2 is 2.31 bits per heavy atom. The zero-order valence-corrected chi connectivity index (χ0v) is 8.27. The van der Waals surface area contributed by atoms with Gasteiger partial charge < -0.3 is 15.8 Å². The molecule has 0 unspecified atom stereocenters. The third kappa shape index (κ3) is 3.13. The van der Waals surface area contributed by atoms with Crippen molar-refractivity contribution in [2.45, 2.75) is 0 Å². The maximum Gasteiger partial charge on any atom is 0.0635 e. The Balaban J connectivity index is 2.59. The average molecular weight is 201 g/mol. The molecule has 3 N–H and O–H groups in total. The maximum atomic E-state index is 5.80. The monoisotopic (exact) mass is 200 g/mol. The number of anilines is 2. The summed E-state index contributed by atoms with van der Waals surface area (Å²) in [4.78, 5) is 0. The fourth-order valence-corrected chi connectivity index (χ4v) is 1.14. The Kier molecular flexibility index (Phi) is 3.86. The first kappa shape index (κ1) is 10.2. The Morgan fingerprint density at radius 3 is 3.00 bits per heavy atom. The normalized spacial score (nSPS) is 10.0. The fourth-order valence-electron chi connectivity index (χ4n) is 0.969. The van der Waals surface area contributed by atoms with Gasteiger partial charge in [-0.25, -0.2) is 0 Å². The molecular formula is C9H13ClN2O. The van der Waals surface area contributed by atoms with Gasteiger partial charge in [-0.15, -0.1) is 0 Å². The number of benzene rings is 1. The highest BCUT2D eigenvalue weighted by atomic mass is 35.5. The predicted octanol–water partition coefficient (Wildman–Crippen LogP) is 1.98. The van der Waals surface area contributed by atoms with Crippen LogP contribution in [0.15, 0.2) is 18.2 Å². The highest BCUT2D eigenvalue weighted by Gasteiger charge is 1.98. The molecular weight excluding hydrogens is 188 g/mol. The number of ether oxygens (including phenoxy) is 1. The van der Waals surface area contributed by atoms with Crippen molar-refractivity contribution in [2.75, 3.05) is 31.3 Å². The van der Waals surface area contributed by atoms with Crippen molar-refractivity contribution in [1.82, 2.24) is 0 Å². The van der Waals surface area contributed by atoms with Crippen LogP contribution >= 0.6 is 11.6 Å². The molecule has 0 aromatic heterocycles. The molecule has 0 saturated heterocycles. The molecule has 4 heteroatoms. The number of hydrogen-bond donors (Lipinski definition) is 2. The van der Waals surface area contributed by atoms with Gasteiger partial charge in [0.25, 0.3) is 0 Å². The van der Waals surface area contributed by atoms with Crippen LogP contribution in [0.2, 0.25) is 5.02 Å². The van der Waals surface area contributed by atoms with Crippen LogP contribution in [0.3, 0.4) is 0 Å². The second-order valence-electron chi connectivity index (χ2n) is 2.65. The molecule has 13 heavy (non-hydrogen) atoms. The first-order valence-corrected chi connectivity index (χ1v) is 4.39. The van der Waals surface area contributed by atoms with Crippen LogP contribution in [0.5, 0.6) is 0 Å². The van der Waals surface area contributed by atoms with Gasteiger partial charge in [-0.05, 0) is 18.2 Å². The van der Waals surface area contributed by atoms with E-state index in [2.05, 4.69) is 5.32 Å². The Hall–Kier alpha value is -0.930. The summed E-state index contributed by atoms with van der Waals surface area (Å²) in [6, 6.07) is 5.34. The molecule has 0 heterocycles. The smallest absolute Gasteiger partial charge is 0.0635 e. The molecule has 0 atom stereocenters. The molecule has 0 saturated carbocycles. The number of halogens is 1. The van der Waals surface area contributed by atoms with Crippen LogP contribution < -0.4 is 11.1 Å². The number of methoxy groups -OCH3 is 1. The van der Waals surface area contributed by atoms with Crippen LogP contribution in [0.1, 0.15) is 0 Å². The Bertz CT molecular complexity index is 278. The third-order valence-corrected chi connectivity index (χ3v) is 1.87. The lowest BCUT2D eigenvalue weighted by atomic mass is 10.2. The SMILES string of the molecule is COCCNc1cc(Cl)ccc1N. The zero-order valence-electron chi connectivity index (χ0n) is 7.51. The van der Waals surface area contributed by atoms with Crippen molar-refractivity contribution in [1.29, 1.82) is 0 Å². The minimum absolute atomic E-state index is 0.645. The van der Waals surface area contributed by atoms with Crippen molar-refractivity contribution >= 4 is 23.0 Å². The first-order chi connectivity index (χ1) is 6.24. The third-order valence-electron chi connectivity index (χ3n) is 1.64. The minimum atomic E-state index is 0.645. The highest BCUT2D eigenvalue weighted by molar-refractivity contribution is 6.31. The molecule has 0 bridgehead atoms. The second kappa shape index (κ2) is 4.94. The number of hydrogen-bond acceptors (Lipinski definition) is 3. The van der Waals surface area contributed by atoms with Crippen LogP contribution in [0.25, 0.3) is 0 Å². The summed E-state index contributed by atoms with van der Waals surface area (Å²) in [6.07, 6.45) is 0. The summed E-state index contributed by atoms with van der Waals surface area (Å²) in [7, 11) is 1.66. The standard InChI is InChI=1S/C9H13ClN2O/c1-13-5-4-12-9-6-7(10)2-3-8(9)11/h2-3,6,12H,4-5,11H2,1H3. The summed E-state index contributed by atoms with van der Waals surface area (Å²) in [5.41, 5.74) is 7.26. The van der Waals surface area contributed by atoms with E-state index >= 15 is 0 Å². The van der Waals surface area contributed by atoms with Gasteiger partial charge in [0.1, 0.15) is 0 Å². The number of rotatable bonds is 4. The molecule has 1 aromatic rings. The molecule has 1 rings (SSSR count). The molecule has 0 fully saturated rings. The number of nitrogen functional groups attached to an aromatic ring is 1. The van der Waals surface area contributed by atoms with Crippen molar-refractivity contribution in [3.63, 3.8) is 0 Å². The van der Waals surface area contributed by atoms with Gasteiger partial charge in [-0.1, -0.05) is 11.6 Å². The Morgan fingerprint density at radius 1 is 1.54 bits per heavy atom. The largest absolute Gasteiger partial charge is 0.397 e. The van der Waals surface area contributed by atoms with Gasteiger partial charge >= 0.3 is 0 Å². The quantitative estimate of drug-likeness (QED) is 0.577. The van der Waals surface area contributed by atoms with Crippen LogP contribution in [-0.2, 0) is 4.74 Å². The van der Waals surface area contributed by atoms with Crippen molar-refractivity contribution in [2.24, 2.45) is 0 Å². The van der Waals surface area contributed by atoms with E-state index in [1.807, 2.05) is 0 Å². The van der Waals surface area contributed by atoms with E-state index in [-0.39, 0.29) is 0 Å². The van der Waals surface area contributed by atoms with Gasteiger partial charge in [0, 0.05) is 18.7 Å². The minimum Gasteiger partial charge on any atom is -0.397 e. The molecule has 0 aliphatic heterocycles. The molecule has 0 aliphatic carbocycles. The maximum absolute atomic E-state index is 5.80. The molecule has 0 spiro atoms. The first-order valence-electron chi connectivity index (χ1n) is 4.02. The summed E-state index contributed by atoms with van der Waals surface area (Å²) in [5, 5.41) is 3.80. The summed E-state index contributed by atoms with van der Waals surface area (Å²) in [5.74, 6) is 0. The average Bonchev–Trinajstić information content (AvgIpc) is 2.11. The van der Waals surface area contributed by atoms with E-state index in [9.17, 15) is 0 Å². The van der Waals surface area contributed by atoms with Gasteiger partial charge in [0.2, 0.25) is 0 Å². The number of nitrogens with one attached hydrogen (secondary N) is 1. The number of nitrogens with two attached hydrogens (primary N) is 1. The Labute approximate surface area is 82.8 Å². The van der Waals surface area contributed by atoms with Crippen LogP contribution in [-0.4, -0.2) is 20.3 Å². The lowest BCUT2D eigenvalue weighted by Crippen LogP contribution is -2.08. The lowest BCUT2D eigenvalue weighted by molar-refractivity contribution is 0.211. The molecule has 72 valence electrons. The van der Waals surface area contributed by atoms with Gasteiger partial charge in [-0.3, -0.25) is 0 Å².